The predicted octanol–water partition coefficient (Wildman–Crippen LogP) is 0.481. The summed E-state index contributed by atoms with van der Waals surface area (Å²) in [5.74, 6) is 1.40. The van der Waals surface area contributed by atoms with E-state index in [4.69, 9.17) is 10.5 Å². The first-order chi connectivity index (χ1) is 7.33. The van der Waals surface area contributed by atoms with Gasteiger partial charge in [0.15, 0.2) is 0 Å². The van der Waals surface area contributed by atoms with Crippen LogP contribution in [0.1, 0.15) is 5.56 Å². The van der Waals surface area contributed by atoms with E-state index in [1.54, 1.807) is 13.3 Å². The molecule has 0 aliphatic carbocycles. The average Bonchev–Trinajstić information content (AvgIpc) is 2.23. The van der Waals surface area contributed by atoms with E-state index < -0.39 is 0 Å². The van der Waals surface area contributed by atoms with Gasteiger partial charge in [0.25, 0.3) is 0 Å². The third-order valence-corrected chi connectivity index (χ3v) is 2.80. The third kappa shape index (κ3) is 2.27. The van der Waals surface area contributed by atoms with Gasteiger partial charge in [-0.15, -0.1) is 0 Å². The van der Waals surface area contributed by atoms with Crippen LogP contribution in [0.4, 0.5) is 0 Å². The molecule has 2 N–H and O–H groups in total. The number of hydrogen-bond donors (Lipinski definition) is 1. The van der Waals surface area contributed by atoms with Crippen molar-refractivity contribution >= 4 is 0 Å². The lowest BCUT2D eigenvalue weighted by Crippen LogP contribution is -2.49. The zero-order valence-corrected chi connectivity index (χ0v) is 9.02. The maximum Gasteiger partial charge on any atom is 0.217 e. The number of nitrogens with two attached hydrogens (primary N) is 1. The summed E-state index contributed by atoms with van der Waals surface area (Å²) in [7, 11) is 1.66. The Bertz CT molecular complexity index is 323. The van der Waals surface area contributed by atoms with Crippen molar-refractivity contribution in [2.45, 2.75) is 6.54 Å². The highest BCUT2D eigenvalue weighted by molar-refractivity contribution is 5.25. The van der Waals surface area contributed by atoms with Gasteiger partial charge in [-0.05, 0) is 18.5 Å². The maximum absolute atomic E-state index is 5.58. The minimum Gasteiger partial charge on any atom is -0.481 e. The first-order valence-corrected chi connectivity index (χ1v) is 5.23. The largest absolute Gasteiger partial charge is 0.481 e. The first kappa shape index (κ1) is 10.4. The van der Waals surface area contributed by atoms with Crippen LogP contribution in [-0.2, 0) is 6.54 Å². The highest BCUT2D eigenvalue weighted by atomic mass is 16.5. The summed E-state index contributed by atoms with van der Waals surface area (Å²) in [6.07, 6.45) is 1.75. The second-order valence-corrected chi connectivity index (χ2v) is 3.97. The molecule has 15 heavy (non-hydrogen) atoms. The van der Waals surface area contributed by atoms with Gasteiger partial charge in [0, 0.05) is 31.4 Å². The molecule has 0 unspecified atom stereocenters. The summed E-state index contributed by atoms with van der Waals surface area (Å²) in [6.45, 7) is 3.89. The minimum atomic E-state index is 0.674. The Kier molecular flexibility index (Phi) is 3.18. The van der Waals surface area contributed by atoms with Gasteiger partial charge >= 0.3 is 0 Å². The molecule has 1 aliphatic heterocycles. The second-order valence-electron chi connectivity index (χ2n) is 3.97. The molecule has 82 valence electrons. The fraction of sp³-hybridized carbons (Fsp3) is 0.545. The minimum absolute atomic E-state index is 0.674. The van der Waals surface area contributed by atoms with E-state index in [9.17, 15) is 0 Å². The third-order valence-electron chi connectivity index (χ3n) is 2.80. The van der Waals surface area contributed by atoms with Gasteiger partial charge in [-0.25, -0.2) is 4.98 Å². The lowest BCUT2D eigenvalue weighted by atomic mass is 10.00. The van der Waals surface area contributed by atoms with Crippen molar-refractivity contribution in [2.24, 2.45) is 11.7 Å². The van der Waals surface area contributed by atoms with Crippen molar-refractivity contribution in [1.29, 1.82) is 0 Å². The Hall–Kier alpha value is -1.13. The average molecular weight is 207 g/mol. The van der Waals surface area contributed by atoms with Crippen molar-refractivity contribution in [1.82, 2.24) is 9.88 Å². The fourth-order valence-corrected chi connectivity index (χ4v) is 1.92. The number of methoxy groups -OCH3 is 1. The van der Waals surface area contributed by atoms with Crippen molar-refractivity contribution in [3.8, 4) is 5.88 Å². The molecule has 2 heterocycles. The molecule has 1 fully saturated rings. The molecule has 2 rings (SSSR count). The van der Waals surface area contributed by atoms with E-state index in [0.717, 1.165) is 37.6 Å². The van der Waals surface area contributed by atoms with Gasteiger partial charge in [-0.1, -0.05) is 6.07 Å². The van der Waals surface area contributed by atoms with Crippen molar-refractivity contribution in [2.75, 3.05) is 26.7 Å². The quantitative estimate of drug-likeness (QED) is 0.780. The maximum atomic E-state index is 5.58. The van der Waals surface area contributed by atoms with E-state index in [-0.39, 0.29) is 0 Å². The molecule has 0 amide bonds. The molecule has 1 aliphatic rings. The van der Waals surface area contributed by atoms with E-state index in [1.807, 2.05) is 6.07 Å². The van der Waals surface area contributed by atoms with Crippen molar-refractivity contribution in [3.05, 3.63) is 23.9 Å². The molecule has 0 saturated carbocycles. The topological polar surface area (TPSA) is 51.4 Å². The summed E-state index contributed by atoms with van der Waals surface area (Å²) in [5.41, 5.74) is 6.73. The molecule has 0 atom stereocenters. The second kappa shape index (κ2) is 4.59. The molecule has 0 radical (unpaired) electrons. The smallest absolute Gasteiger partial charge is 0.217 e. The van der Waals surface area contributed by atoms with Crippen LogP contribution in [0.5, 0.6) is 5.88 Å². The SMILES string of the molecule is COc1ncccc1CN1CC(CN)C1. The van der Waals surface area contributed by atoms with Crippen LogP contribution in [-0.4, -0.2) is 36.6 Å². The number of ether oxygens (including phenoxy) is 1. The number of hydrogen-bond acceptors (Lipinski definition) is 4. The van der Waals surface area contributed by atoms with E-state index in [0.29, 0.717) is 5.92 Å². The number of pyridine rings is 1. The van der Waals surface area contributed by atoms with Gasteiger partial charge in [-0.2, -0.15) is 0 Å². The summed E-state index contributed by atoms with van der Waals surface area (Å²) in [6, 6.07) is 4.00. The summed E-state index contributed by atoms with van der Waals surface area (Å²) < 4.78 is 5.21. The number of likely N-dealkylation sites (tertiary alicyclic amines) is 1. The molecule has 1 aromatic heterocycles. The van der Waals surface area contributed by atoms with Crippen LogP contribution >= 0.6 is 0 Å². The highest BCUT2D eigenvalue weighted by Crippen LogP contribution is 2.21. The zero-order chi connectivity index (χ0) is 10.7. The Labute approximate surface area is 90.0 Å². The van der Waals surface area contributed by atoms with E-state index >= 15 is 0 Å². The Morgan fingerprint density at radius 2 is 2.40 bits per heavy atom. The lowest BCUT2D eigenvalue weighted by Gasteiger charge is -2.38. The van der Waals surface area contributed by atoms with Crippen LogP contribution in [0.15, 0.2) is 18.3 Å². The molecule has 0 spiro atoms. The van der Waals surface area contributed by atoms with E-state index in [2.05, 4.69) is 16.0 Å². The van der Waals surface area contributed by atoms with Gasteiger partial charge in [0.05, 0.1) is 7.11 Å². The predicted molar refractivity (Wildman–Crippen MR) is 58.6 cm³/mol. The normalized spacial score (nSPS) is 17.5. The van der Waals surface area contributed by atoms with Crippen LogP contribution in [0.3, 0.4) is 0 Å². The standard InChI is InChI=1S/C11H17N3O/c1-15-11-10(3-2-4-13-11)8-14-6-9(5-12)7-14/h2-4,9H,5-8,12H2,1H3. The number of nitrogens with zero attached hydrogens (tertiary/aromatic N) is 2. The Morgan fingerprint density at radius 3 is 3.07 bits per heavy atom. The molecule has 4 heteroatoms. The molecular weight excluding hydrogens is 190 g/mol. The van der Waals surface area contributed by atoms with Crippen LogP contribution in [0.2, 0.25) is 0 Å². The molecule has 4 nitrogen and oxygen atoms in total. The molecule has 1 aromatic rings. The van der Waals surface area contributed by atoms with Crippen molar-refractivity contribution in [3.63, 3.8) is 0 Å². The first-order valence-electron chi connectivity index (χ1n) is 5.23. The molecule has 0 bridgehead atoms. The van der Waals surface area contributed by atoms with Crippen LogP contribution in [0, 0.1) is 5.92 Å². The molecular formula is C11H17N3O. The number of aromatic nitrogens is 1. The Balaban J connectivity index is 1.94. The van der Waals surface area contributed by atoms with Gasteiger partial charge < -0.3 is 10.5 Å². The Morgan fingerprint density at radius 1 is 1.60 bits per heavy atom. The number of rotatable bonds is 4. The highest BCUT2D eigenvalue weighted by Gasteiger charge is 2.25. The lowest BCUT2D eigenvalue weighted by molar-refractivity contribution is 0.0967. The van der Waals surface area contributed by atoms with Gasteiger partial charge in [0.1, 0.15) is 0 Å². The van der Waals surface area contributed by atoms with Crippen molar-refractivity contribution < 1.29 is 4.74 Å². The summed E-state index contributed by atoms with van der Waals surface area (Å²) in [4.78, 5) is 6.53. The van der Waals surface area contributed by atoms with Crippen LogP contribution < -0.4 is 10.5 Å². The zero-order valence-electron chi connectivity index (χ0n) is 9.02. The van der Waals surface area contributed by atoms with Crippen LogP contribution in [0.25, 0.3) is 0 Å². The van der Waals surface area contributed by atoms with Gasteiger partial charge in [0.2, 0.25) is 5.88 Å². The fourth-order valence-electron chi connectivity index (χ4n) is 1.92. The monoisotopic (exact) mass is 207 g/mol. The molecule has 1 saturated heterocycles. The summed E-state index contributed by atoms with van der Waals surface area (Å²) in [5, 5.41) is 0. The summed E-state index contributed by atoms with van der Waals surface area (Å²) >= 11 is 0. The van der Waals surface area contributed by atoms with E-state index in [1.165, 1.54) is 0 Å². The molecule has 0 aromatic carbocycles. The van der Waals surface area contributed by atoms with Gasteiger partial charge in [-0.3, -0.25) is 4.90 Å².